The molecule has 4 rings (SSSR count). The molecule has 172 valence electrons. The number of anilines is 1. The van der Waals surface area contributed by atoms with Crippen LogP contribution in [0.5, 0.6) is 0 Å². The van der Waals surface area contributed by atoms with Crippen LogP contribution in [0.3, 0.4) is 0 Å². The molecule has 0 amide bonds. The Labute approximate surface area is 188 Å². The summed E-state index contributed by atoms with van der Waals surface area (Å²) in [5.74, 6) is -0.286. The lowest BCUT2D eigenvalue weighted by atomic mass is 9.97. The van der Waals surface area contributed by atoms with E-state index >= 15 is 0 Å². The number of Topliss-reactive ketones (excluding diaryl/α,β-unsaturated/α-hetero) is 1. The third-order valence-electron chi connectivity index (χ3n) is 6.75. The zero-order chi connectivity index (χ0) is 22.7. The molecule has 2 fully saturated rings. The molecule has 0 aliphatic carbocycles. The minimum Gasteiger partial charge on any atom is -0.371 e. The topological polar surface area (TPSA) is 23.6 Å². The van der Waals surface area contributed by atoms with Gasteiger partial charge in [0.25, 0.3) is 0 Å². The van der Waals surface area contributed by atoms with Gasteiger partial charge in [0, 0.05) is 36.8 Å². The van der Waals surface area contributed by atoms with Crippen molar-refractivity contribution in [1.29, 1.82) is 0 Å². The first-order valence-electron chi connectivity index (χ1n) is 11.6. The lowest BCUT2D eigenvalue weighted by Crippen LogP contribution is -2.46. The lowest BCUT2D eigenvalue weighted by molar-refractivity contribution is -0.137. The van der Waals surface area contributed by atoms with E-state index in [0.29, 0.717) is 24.8 Å². The van der Waals surface area contributed by atoms with Crippen molar-refractivity contribution < 1.29 is 18.0 Å². The standard InChI is InChI=1S/C26H31F3N2O/c1-19-6-5-7-20(14-19)15-25(32)21-16-22(26(27,28)29)18-24(17-21)31-12-8-23(9-13-31)30-10-3-2-4-11-30/h5-7,14,16-18,23H,2-4,8-13,15H2,1H3. The molecule has 0 N–H and O–H groups in total. The highest BCUT2D eigenvalue weighted by atomic mass is 19.4. The van der Waals surface area contributed by atoms with Crippen molar-refractivity contribution in [2.45, 2.75) is 57.7 Å². The number of halogens is 3. The first-order valence-corrected chi connectivity index (χ1v) is 11.6. The maximum Gasteiger partial charge on any atom is 0.416 e. The highest BCUT2D eigenvalue weighted by Gasteiger charge is 2.33. The third kappa shape index (κ3) is 5.52. The lowest BCUT2D eigenvalue weighted by Gasteiger charge is -2.41. The molecule has 0 radical (unpaired) electrons. The number of rotatable bonds is 5. The minimum atomic E-state index is -4.49. The van der Waals surface area contributed by atoms with Crippen LogP contribution in [0.4, 0.5) is 18.9 Å². The first-order chi connectivity index (χ1) is 15.3. The van der Waals surface area contributed by atoms with Crippen LogP contribution in [0.1, 0.15) is 59.2 Å². The van der Waals surface area contributed by atoms with Gasteiger partial charge in [0.05, 0.1) is 5.56 Å². The molecule has 0 bridgehead atoms. The van der Waals surface area contributed by atoms with Crippen molar-refractivity contribution in [3.05, 3.63) is 64.7 Å². The van der Waals surface area contributed by atoms with E-state index in [1.807, 2.05) is 36.1 Å². The molecule has 2 aliphatic rings. The van der Waals surface area contributed by atoms with Crippen molar-refractivity contribution >= 4 is 11.5 Å². The van der Waals surface area contributed by atoms with Gasteiger partial charge in [-0.25, -0.2) is 0 Å². The molecule has 32 heavy (non-hydrogen) atoms. The minimum absolute atomic E-state index is 0.0967. The summed E-state index contributed by atoms with van der Waals surface area (Å²) in [4.78, 5) is 17.5. The fraction of sp³-hybridized carbons (Fsp3) is 0.500. The maximum absolute atomic E-state index is 13.6. The fourth-order valence-corrected chi connectivity index (χ4v) is 5.00. The zero-order valence-electron chi connectivity index (χ0n) is 18.6. The molecule has 0 spiro atoms. The number of hydrogen-bond donors (Lipinski definition) is 0. The number of aryl methyl sites for hydroxylation is 1. The van der Waals surface area contributed by atoms with Crippen molar-refractivity contribution in [3.8, 4) is 0 Å². The van der Waals surface area contributed by atoms with E-state index in [2.05, 4.69) is 4.90 Å². The smallest absolute Gasteiger partial charge is 0.371 e. The summed E-state index contributed by atoms with van der Waals surface area (Å²) >= 11 is 0. The largest absolute Gasteiger partial charge is 0.416 e. The van der Waals surface area contributed by atoms with Crippen molar-refractivity contribution in [1.82, 2.24) is 4.90 Å². The summed E-state index contributed by atoms with van der Waals surface area (Å²) in [7, 11) is 0. The summed E-state index contributed by atoms with van der Waals surface area (Å²) in [6.45, 7) is 5.63. The van der Waals surface area contributed by atoms with Gasteiger partial charge in [-0.1, -0.05) is 36.2 Å². The number of hydrogen-bond acceptors (Lipinski definition) is 3. The number of nitrogens with zero attached hydrogens (tertiary/aromatic N) is 2. The van der Waals surface area contributed by atoms with Gasteiger partial charge in [0.2, 0.25) is 0 Å². The molecule has 2 saturated heterocycles. The highest BCUT2D eigenvalue weighted by Crippen LogP contribution is 2.34. The monoisotopic (exact) mass is 444 g/mol. The van der Waals surface area contributed by atoms with Crippen LogP contribution in [0, 0.1) is 6.92 Å². The van der Waals surface area contributed by atoms with Gasteiger partial charge in [-0.15, -0.1) is 0 Å². The Kier molecular flexibility index (Phi) is 6.89. The van der Waals surface area contributed by atoms with E-state index in [-0.39, 0.29) is 17.8 Å². The van der Waals surface area contributed by atoms with Gasteiger partial charge in [0.15, 0.2) is 5.78 Å². The van der Waals surface area contributed by atoms with Crippen LogP contribution in [-0.4, -0.2) is 42.9 Å². The Hall–Kier alpha value is -2.34. The second-order valence-corrected chi connectivity index (χ2v) is 9.17. The van der Waals surface area contributed by atoms with Crippen molar-refractivity contribution in [2.24, 2.45) is 0 Å². The number of alkyl halides is 3. The first kappa shape index (κ1) is 22.8. The van der Waals surface area contributed by atoms with E-state index in [4.69, 9.17) is 0 Å². The molecule has 2 aromatic rings. The highest BCUT2D eigenvalue weighted by molar-refractivity contribution is 5.98. The van der Waals surface area contributed by atoms with Crippen LogP contribution in [0.25, 0.3) is 0 Å². The van der Waals surface area contributed by atoms with Crippen LogP contribution in [0.15, 0.2) is 42.5 Å². The Bertz CT molecular complexity index is 942. The molecule has 0 atom stereocenters. The second kappa shape index (κ2) is 9.65. The van der Waals surface area contributed by atoms with E-state index in [1.165, 1.54) is 25.3 Å². The number of carbonyl (C=O) groups excluding carboxylic acids is 1. The predicted octanol–water partition coefficient (Wildman–Crippen LogP) is 5.89. The van der Waals surface area contributed by atoms with Gasteiger partial charge in [0.1, 0.15) is 0 Å². The number of ketones is 1. The molecule has 2 heterocycles. The molecule has 2 aliphatic heterocycles. The molecule has 0 aromatic heterocycles. The average molecular weight is 445 g/mol. The molecule has 0 saturated carbocycles. The summed E-state index contributed by atoms with van der Waals surface area (Å²) in [5, 5.41) is 0. The quantitative estimate of drug-likeness (QED) is 0.537. The Balaban J connectivity index is 1.52. The summed E-state index contributed by atoms with van der Waals surface area (Å²) in [6, 6.07) is 11.9. The molecule has 2 aromatic carbocycles. The molecule has 6 heteroatoms. The fourth-order valence-electron chi connectivity index (χ4n) is 5.00. The molecule has 3 nitrogen and oxygen atoms in total. The van der Waals surface area contributed by atoms with Gasteiger partial charge in [-0.2, -0.15) is 13.2 Å². The number of carbonyl (C=O) groups is 1. The molecule has 0 unspecified atom stereocenters. The Morgan fingerprint density at radius 1 is 0.969 bits per heavy atom. The normalized spacial score (nSPS) is 18.7. The van der Waals surface area contributed by atoms with Crippen molar-refractivity contribution in [2.75, 3.05) is 31.1 Å². The summed E-state index contributed by atoms with van der Waals surface area (Å²) in [5.41, 5.74) is 1.73. The summed E-state index contributed by atoms with van der Waals surface area (Å²) in [6.07, 6.45) is 1.27. The predicted molar refractivity (Wildman–Crippen MR) is 121 cm³/mol. The van der Waals surface area contributed by atoms with Crippen LogP contribution < -0.4 is 4.90 Å². The van der Waals surface area contributed by atoms with Gasteiger partial charge in [-0.3, -0.25) is 4.79 Å². The zero-order valence-corrected chi connectivity index (χ0v) is 18.6. The third-order valence-corrected chi connectivity index (χ3v) is 6.75. The van der Waals surface area contributed by atoms with E-state index in [9.17, 15) is 18.0 Å². The van der Waals surface area contributed by atoms with Gasteiger partial charge in [-0.05, 0) is 69.5 Å². The van der Waals surface area contributed by atoms with Crippen molar-refractivity contribution in [3.63, 3.8) is 0 Å². The van der Waals surface area contributed by atoms with Gasteiger partial charge >= 0.3 is 6.18 Å². The Morgan fingerprint density at radius 2 is 1.69 bits per heavy atom. The number of benzene rings is 2. The van der Waals surface area contributed by atoms with Gasteiger partial charge < -0.3 is 9.80 Å². The second-order valence-electron chi connectivity index (χ2n) is 9.17. The number of piperidine rings is 2. The molecular formula is C26H31F3N2O. The van der Waals surface area contributed by atoms with Crippen LogP contribution in [-0.2, 0) is 12.6 Å². The van der Waals surface area contributed by atoms with Crippen LogP contribution in [0.2, 0.25) is 0 Å². The maximum atomic E-state index is 13.6. The molecular weight excluding hydrogens is 413 g/mol. The van der Waals surface area contributed by atoms with E-state index in [1.54, 1.807) is 6.07 Å². The summed E-state index contributed by atoms with van der Waals surface area (Å²) < 4.78 is 40.9. The van der Waals surface area contributed by atoms with Crippen LogP contribution >= 0.6 is 0 Å². The Morgan fingerprint density at radius 3 is 2.34 bits per heavy atom. The van der Waals surface area contributed by atoms with E-state index in [0.717, 1.165) is 43.1 Å². The number of likely N-dealkylation sites (tertiary alicyclic amines) is 1. The SMILES string of the molecule is Cc1cccc(CC(=O)c2cc(N3CCC(N4CCCCC4)CC3)cc(C(F)(F)F)c2)c1. The average Bonchev–Trinajstić information content (AvgIpc) is 2.79. The van der Waals surface area contributed by atoms with E-state index < -0.39 is 11.7 Å².